The smallest absolute Gasteiger partial charge is 0.410 e. The first-order valence-electron chi connectivity index (χ1n) is 5.76. The van der Waals surface area contributed by atoms with E-state index in [4.69, 9.17) is 4.74 Å². The Bertz CT molecular complexity index is 377. The van der Waals surface area contributed by atoms with E-state index in [1.807, 2.05) is 39.2 Å². The second-order valence-electron chi connectivity index (χ2n) is 4.13. The molecule has 0 aliphatic rings. The molecule has 1 atom stereocenters. The van der Waals surface area contributed by atoms with Crippen molar-refractivity contribution in [3.05, 3.63) is 29.8 Å². The van der Waals surface area contributed by atoms with Crippen molar-refractivity contribution < 1.29 is 9.53 Å². The van der Waals surface area contributed by atoms with Crippen LogP contribution in [0.4, 0.5) is 4.79 Å². The van der Waals surface area contributed by atoms with Gasteiger partial charge in [0, 0.05) is 12.6 Å². The number of benzene rings is 1. The van der Waals surface area contributed by atoms with E-state index >= 15 is 0 Å². The predicted octanol–water partition coefficient (Wildman–Crippen LogP) is 2.42. The van der Waals surface area contributed by atoms with Gasteiger partial charge >= 0.3 is 6.09 Å². The van der Waals surface area contributed by atoms with Crippen LogP contribution in [0, 0.1) is 0 Å². The minimum Gasteiger partial charge on any atom is -0.410 e. The fraction of sp³-hybridized carbons (Fsp3) is 0.462. The van der Waals surface area contributed by atoms with Crippen LogP contribution in [0.3, 0.4) is 0 Å². The van der Waals surface area contributed by atoms with Gasteiger partial charge in [-0.1, -0.05) is 12.1 Å². The Hall–Kier alpha value is -1.55. The van der Waals surface area contributed by atoms with Crippen LogP contribution in [0.1, 0.15) is 25.5 Å². The van der Waals surface area contributed by atoms with Crippen molar-refractivity contribution in [2.75, 3.05) is 20.6 Å². The Kier molecular flexibility index (Phi) is 4.97. The molecule has 0 spiro atoms. The third-order valence-electron chi connectivity index (χ3n) is 2.65. The molecular formula is C13H20N2O2. The topological polar surface area (TPSA) is 41.6 Å². The second kappa shape index (κ2) is 6.25. The molecule has 4 nitrogen and oxygen atoms in total. The van der Waals surface area contributed by atoms with Gasteiger partial charge in [0.25, 0.3) is 0 Å². The lowest BCUT2D eigenvalue weighted by atomic mass is 10.1. The SMILES string of the molecule is CCNC(=O)Oc1cccc([C@H](C)N(C)C)c1. The monoisotopic (exact) mass is 236 g/mol. The minimum absolute atomic E-state index is 0.285. The quantitative estimate of drug-likeness (QED) is 0.873. The third-order valence-corrected chi connectivity index (χ3v) is 2.65. The second-order valence-corrected chi connectivity index (χ2v) is 4.13. The molecule has 1 N–H and O–H groups in total. The number of ether oxygens (including phenoxy) is 1. The van der Waals surface area contributed by atoms with E-state index in [9.17, 15) is 4.79 Å². The maximum atomic E-state index is 11.3. The highest BCUT2D eigenvalue weighted by Gasteiger charge is 2.09. The highest BCUT2D eigenvalue weighted by molar-refractivity contribution is 5.70. The van der Waals surface area contributed by atoms with Crippen molar-refractivity contribution in [2.24, 2.45) is 0 Å². The number of nitrogens with zero attached hydrogens (tertiary/aromatic N) is 1. The molecule has 0 saturated heterocycles. The third kappa shape index (κ3) is 4.07. The Balaban J connectivity index is 2.75. The highest BCUT2D eigenvalue weighted by atomic mass is 16.5. The summed E-state index contributed by atoms with van der Waals surface area (Å²) in [6.45, 7) is 4.52. The zero-order chi connectivity index (χ0) is 12.8. The summed E-state index contributed by atoms with van der Waals surface area (Å²) in [5, 5.41) is 2.59. The largest absolute Gasteiger partial charge is 0.412 e. The van der Waals surface area contributed by atoms with E-state index in [-0.39, 0.29) is 6.04 Å². The van der Waals surface area contributed by atoms with Crippen LogP contribution >= 0.6 is 0 Å². The number of carbonyl (C=O) groups excluding carboxylic acids is 1. The van der Waals surface area contributed by atoms with E-state index < -0.39 is 6.09 Å². The first kappa shape index (κ1) is 13.5. The highest BCUT2D eigenvalue weighted by Crippen LogP contribution is 2.21. The molecule has 0 aliphatic carbocycles. The van der Waals surface area contributed by atoms with Crippen LogP contribution < -0.4 is 10.1 Å². The van der Waals surface area contributed by atoms with Crippen LogP contribution in [0.15, 0.2) is 24.3 Å². The average molecular weight is 236 g/mol. The molecule has 0 radical (unpaired) electrons. The minimum atomic E-state index is -0.415. The lowest BCUT2D eigenvalue weighted by Crippen LogP contribution is -2.26. The maximum absolute atomic E-state index is 11.3. The lowest BCUT2D eigenvalue weighted by Gasteiger charge is -2.20. The van der Waals surface area contributed by atoms with E-state index in [0.717, 1.165) is 5.56 Å². The van der Waals surface area contributed by atoms with E-state index in [1.54, 1.807) is 6.07 Å². The number of hydrogen-bond donors (Lipinski definition) is 1. The molecule has 0 fully saturated rings. The first-order valence-corrected chi connectivity index (χ1v) is 5.76. The summed E-state index contributed by atoms with van der Waals surface area (Å²) in [6.07, 6.45) is -0.415. The van der Waals surface area contributed by atoms with Crippen molar-refractivity contribution in [3.63, 3.8) is 0 Å². The van der Waals surface area contributed by atoms with E-state index in [2.05, 4.69) is 17.1 Å². The predicted molar refractivity (Wildman–Crippen MR) is 68.2 cm³/mol. The van der Waals surface area contributed by atoms with Gasteiger partial charge in [0.2, 0.25) is 0 Å². The summed E-state index contributed by atoms with van der Waals surface area (Å²) in [5.41, 5.74) is 1.12. The van der Waals surface area contributed by atoms with Gasteiger partial charge in [0.15, 0.2) is 0 Å². The summed E-state index contributed by atoms with van der Waals surface area (Å²) in [6, 6.07) is 7.87. The van der Waals surface area contributed by atoms with Gasteiger partial charge in [0.1, 0.15) is 5.75 Å². The molecule has 0 bridgehead atoms. The zero-order valence-corrected chi connectivity index (χ0v) is 10.9. The van der Waals surface area contributed by atoms with Gasteiger partial charge in [-0.05, 0) is 45.6 Å². The normalized spacial score (nSPS) is 12.3. The Labute approximate surface area is 103 Å². The van der Waals surface area contributed by atoms with Crippen molar-refractivity contribution in [3.8, 4) is 5.75 Å². The van der Waals surface area contributed by atoms with Crippen LogP contribution in [0.25, 0.3) is 0 Å². The van der Waals surface area contributed by atoms with Gasteiger partial charge < -0.3 is 15.0 Å². The molecular weight excluding hydrogens is 216 g/mol. The fourth-order valence-corrected chi connectivity index (χ4v) is 1.42. The molecule has 4 heteroatoms. The number of nitrogens with one attached hydrogen (secondary N) is 1. The van der Waals surface area contributed by atoms with Crippen LogP contribution in [0.5, 0.6) is 5.75 Å². The summed E-state index contributed by atoms with van der Waals surface area (Å²) in [7, 11) is 4.03. The van der Waals surface area contributed by atoms with Gasteiger partial charge in [0.05, 0.1) is 0 Å². The van der Waals surface area contributed by atoms with Crippen molar-refractivity contribution in [2.45, 2.75) is 19.9 Å². The Morgan fingerprint density at radius 2 is 2.18 bits per heavy atom. The summed E-state index contributed by atoms with van der Waals surface area (Å²) in [5.74, 6) is 0.571. The van der Waals surface area contributed by atoms with Crippen molar-refractivity contribution in [1.82, 2.24) is 10.2 Å². The molecule has 1 rings (SSSR count). The Morgan fingerprint density at radius 3 is 2.76 bits per heavy atom. The summed E-state index contributed by atoms with van der Waals surface area (Å²) < 4.78 is 5.16. The molecule has 0 heterocycles. The van der Waals surface area contributed by atoms with Crippen LogP contribution in [-0.4, -0.2) is 31.6 Å². The molecule has 1 aromatic rings. The molecule has 17 heavy (non-hydrogen) atoms. The van der Waals surface area contributed by atoms with Crippen molar-refractivity contribution >= 4 is 6.09 Å². The zero-order valence-electron chi connectivity index (χ0n) is 10.9. The van der Waals surface area contributed by atoms with E-state index in [1.165, 1.54) is 0 Å². The maximum Gasteiger partial charge on any atom is 0.412 e. The van der Waals surface area contributed by atoms with Gasteiger partial charge in [-0.3, -0.25) is 0 Å². The molecule has 0 saturated carbocycles. The van der Waals surface area contributed by atoms with Gasteiger partial charge in [-0.2, -0.15) is 0 Å². The Morgan fingerprint density at radius 1 is 1.47 bits per heavy atom. The van der Waals surface area contributed by atoms with Crippen molar-refractivity contribution in [1.29, 1.82) is 0 Å². The van der Waals surface area contributed by atoms with Crippen LogP contribution in [-0.2, 0) is 0 Å². The number of rotatable bonds is 4. The fourth-order valence-electron chi connectivity index (χ4n) is 1.42. The van der Waals surface area contributed by atoms with Gasteiger partial charge in [-0.15, -0.1) is 0 Å². The molecule has 1 amide bonds. The number of amides is 1. The average Bonchev–Trinajstić information content (AvgIpc) is 2.28. The first-order chi connectivity index (χ1) is 8.04. The van der Waals surface area contributed by atoms with Gasteiger partial charge in [-0.25, -0.2) is 4.79 Å². The van der Waals surface area contributed by atoms with E-state index in [0.29, 0.717) is 12.3 Å². The molecule has 1 aromatic carbocycles. The molecule has 94 valence electrons. The lowest BCUT2D eigenvalue weighted by molar-refractivity contribution is 0.201. The molecule has 0 aliphatic heterocycles. The number of hydrogen-bond acceptors (Lipinski definition) is 3. The summed E-state index contributed by atoms with van der Waals surface area (Å²) in [4.78, 5) is 13.4. The summed E-state index contributed by atoms with van der Waals surface area (Å²) >= 11 is 0. The van der Waals surface area contributed by atoms with Crippen LogP contribution in [0.2, 0.25) is 0 Å². The standard InChI is InChI=1S/C13H20N2O2/c1-5-14-13(16)17-12-8-6-7-11(9-12)10(2)15(3)4/h6-10H,5H2,1-4H3,(H,14,16)/t10-/m0/s1. The number of carbonyl (C=O) groups is 1. The molecule has 0 unspecified atom stereocenters. The molecule has 0 aromatic heterocycles.